The van der Waals surface area contributed by atoms with Crippen LogP contribution in [0.1, 0.15) is 22.3 Å². The van der Waals surface area contributed by atoms with Crippen LogP contribution in [-0.2, 0) is 16.0 Å². The summed E-state index contributed by atoms with van der Waals surface area (Å²) >= 11 is 0. The molecule has 0 atom stereocenters. The zero-order valence-corrected chi connectivity index (χ0v) is 11.5. The van der Waals surface area contributed by atoms with E-state index >= 15 is 0 Å². The molecule has 0 aliphatic carbocycles. The summed E-state index contributed by atoms with van der Waals surface area (Å²) in [7, 11) is 1.37. The van der Waals surface area contributed by atoms with Crippen LogP contribution in [0.15, 0.2) is 60.7 Å². The summed E-state index contributed by atoms with van der Waals surface area (Å²) in [5.74, 6) is -0.291. The van der Waals surface area contributed by atoms with Crippen molar-refractivity contribution in [3.63, 3.8) is 0 Å². The van der Waals surface area contributed by atoms with E-state index in [1.165, 1.54) is 12.7 Å². The Bertz CT molecular complexity index is 506. The third-order valence-corrected chi connectivity index (χ3v) is 2.59. The van der Waals surface area contributed by atoms with Crippen molar-refractivity contribution in [3.8, 4) is 0 Å². The first kappa shape index (κ1) is 15.6. The first-order chi connectivity index (χ1) is 9.77. The molecule has 2 rings (SSSR count). The quantitative estimate of drug-likeness (QED) is 0.632. The standard InChI is InChI=1S/C9H10O.C8H8O2/c10-8-4-7-9-5-2-1-3-6-9;1-10-8(9)7-5-3-2-4-6-7/h1-3,5-6,8H,4,7H2;2-6H,1H3. The van der Waals surface area contributed by atoms with Gasteiger partial charge in [-0.1, -0.05) is 48.5 Å². The van der Waals surface area contributed by atoms with Gasteiger partial charge in [0.05, 0.1) is 12.7 Å². The summed E-state index contributed by atoms with van der Waals surface area (Å²) in [5.41, 5.74) is 1.82. The molecule has 0 amide bonds. The van der Waals surface area contributed by atoms with Gasteiger partial charge in [-0.05, 0) is 24.1 Å². The van der Waals surface area contributed by atoms with E-state index < -0.39 is 0 Å². The molecule has 0 fully saturated rings. The molecule has 0 unspecified atom stereocenters. The number of ether oxygens (including phenoxy) is 1. The number of rotatable bonds is 4. The van der Waals surface area contributed by atoms with Crippen LogP contribution in [0.4, 0.5) is 0 Å². The third kappa shape index (κ3) is 5.96. The number of carbonyl (C=O) groups excluding carboxylic acids is 2. The molecule has 3 nitrogen and oxygen atoms in total. The molecule has 20 heavy (non-hydrogen) atoms. The Kier molecular flexibility index (Phi) is 7.43. The molecule has 0 radical (unpaired) electrons. The van der Waals surface area contributed by atoms with Gasteiger partial charge in [0.15, 0.2) is 0 Å². The first-order valence-electron chi connectivity index (χ1n) is 6.39. The van der Waals surface area contributed by atoms with E-state index in [9.17, 15) is 9.59 Å². The minimum absolute atomic E-state index is 0.291. The lowest BCUT2D eigenvalue weighted by molar-refractivity contribution is -0.107. The Morgan fingerprint density at radius 2 is 1.55 bits per heavy atom. The van der Waals surface area contributed by atoms with Gasteiger partial charge in [0.25, 0.3) is 0 Å². The topological polar surface area (TPSA) is 43.4 Å². The molecule has 0 saturated carbocycles. The van der Waals surface area contributed by atoms with Crippen LogP contribution in [-0.4, -0.2) is 19.4 Å². The Balaban J connectivity index is 0.000000200. The van der Waals surface area contributed by atoms with Gasteiger partial charge in [-0.15, -0.1) is 0 Å². The highest BCUT2D eigenvalue weighted by atomic mass is 16.5. The highest BCUT2D eigenvalue weighted by molar-refractivity contribution is 5.89. The molecule has 104 valence electrons. The predicted molar refractivity (Wildman–Crippen MR) is 78.6 cm³/mol. The van der Waals surface area contributed by atoms with Gasteiger partial charge in [-0.2, -0.15) is 0 Å². The van der Waals surface area contributed by atoms with E-state index in [-0.39, 0.29) is 5.97 Å². The van der Waals surface area contributed by atoms with Crippen LogP contribution in [0.25, 0.3) is 0 Å². The molecule has 3 heteroatoms. The maximum absolute atomic E-state index is 10.8. The fourth-order valence-corrected chi connectivity index (χ4v) is 1.56. The minimum atomic E-state index is -0.291. The van der Waals surface area contributed by atoms with E-state index in [0.29, 0.717) is 12.0 Å². The zero-order valence-electron chi connectivity index (χ0n) is 11.5. The number of aldehydes is 1. The minimum Gasteiger partial charge on any atom is -0.465 e. The van der Waals surface area contributed by atoms with Gasteiger partial charge >= 0.3 is 5.97 Å². The van der Waals surface area contributed by atoms with Crippen LogP contribution in [0.3, 0.4) is 0 Å². The van der Waals surface area contributed by atoms with Crippen LogP contribution in [0.5, 0.6) is 0 Å². The van der Waals surface area contributed by atoms with E-state index in [4.69, 9.17) is 0 Å². The van der Waals surface area contributed by atoms with Crippen molar-refractivity contribution < 1.29 is 14.3 Å². The van der Waals surface area contributed by atoms with Gasteiger partial charge in [0, 0.05) is 6.42 Å². The summed E-state index contributed by atoms with van der Waals surface area (Å²) in [5, 5.41) is 0. The number of hydrogen-bond donors (Lipinski definition) is 0. The highest BCUT2D eigenvalue weighted by Gasteiger charge is 2.00. The maximum atomic E-state index is 10.8. The molecule has 0 saturated heterocycles. The number of benzene rings is 2. The van der Waals surface area contributed by atoms with Crippen molar-refractivity contribution in [2.45, 2.75) is 12.8 Å². The Labute approximate surface area is 119 Å². The van der Waals surface area contributed by atoms with E-state index in [1.807, 2.05) is 36.4 Å². The average Bonchev–Trinajstić information content (AvgIpc) is 2.54. The SMILES string of the molecule is COC(=O)c1ccccc1.O=CCCc1ccccc1. The number of carbonyl (C=O) groups is 2. The predicted octanol–water partition coefficient (Wildman–Crippen LogP) is 3.29. The fourth-order valence-electron chi connectivity index (χ4n) is 1.56. The van der Waals surface area contributed by atoms with Gasteiger partial charge in [-0.25, -0.2) is 4.79 Å². The smallest absolute Gasteiger partial charge is 0.337 e. The van der Waals surface area contributed by atoms with Gasteiger partial charge in [0.2, 0.25) is 0 Å². The summed E-state index contributed by atoms with van der Waals surface area (Å²) < 4.78 is 4.50. The highest BCUT2D eigenvalue weighted by Crippen LogP contribution is 2.00. The van der Waals surface area contributed by atoms with Gasteiger partial charge in [-0.3, -0.25) is 0 Å². The van der Waals surface area contributed by atoms with Crippen LogP contribution in [0, 0.1) is 0 Å². The van der Waals surface area contributed by atoms with Crippen LogP contribution in [0.2, 0.25) is 0 Å². The molecule has 0 aliphatic heterocycles. The van der Waals surface area contributed by atoms with Crippen molar-refractivity contribution >= 4 is 12.3 Å². The van der Waals surface area contributed by atoms with E-state index in [2.05, 4.69) is 4.74 Å². The average molecular weight is 270 g/mol. The second-order valence-electron chi connectivity index (χ2n) is 4.05. The molecule has 0 spiro atoms. The summed E-state index contributed by atoms with van der Waals surface area (Å²) in [4.78, 5) is 20.8. The summed E-state index contributed by atoms with van der Waals surface area (Å²) in [6, 6.07) is 18.9. The Hall–Kier alpha value is -2.42. The van der Waals surface area contributed by atoms with Gasteiger partial charge < -0.3 is 9.53 Å². The van der Waals surface area contributed by atoms with Crippen molar-refractivity contribution in [2.75, 3.05) is 7.11 Å². The maximum Gasteiger partial charge on any atom is 0.337 e. The molecule has 0 heterocycles. The molecule has 0 N–H and O–H groups in total. The molecule has 0 aliphatic rings. The largest absolute Gasteiger partial charge is 0.465 e. The fraction of sp³-hybridized carbons (Fsp3) is 0.176. The van der Waals surface area contributed by atoms with E-state index in [1.54, 1.807) is 24.3 Å². The molecule has 2 aromatic carbocycles. The van der Waals surface area contributed by atoms with Crippen molar-refractivity contribution in [1.29, 1.82) is 0 Å². The normalized spacial score (nSPS) is 9.05. The second kappa shape index (κ2) is 9.50. The number of aryl methyl sites for hydroxylation is 1. The van der Waals surface area contributed by atoms with Crippen LogP contribution < -0.4 is 0 Å². The lowest BCUT2D eigenvalue weighted by Crippen LogP contribution is -1.99. The lowest BCUT2D eigenvalue weighted by atomic mass is 10.1. The Morgan fingerprint density at radius 3 is 2.05 bits per heavy atom. The number of esters is 1. The Morgan fingerprint density at radius 1 is 1.00 bits per heavy atom. The molecule has 0 bridgehead atoms. The van der Waals surface area contributed by atoms with Crippen molar-refractivity contribution in [1.82, 2.24) is 0 Å². The molecule has 0 aromatic heterocycles. The number of methoxy groups -OCH3 is 1. The molecular weight excluding hydrogens is 252 g/mol. The van der Waals surface area contributed by atoms with Crippen LogP contribution >= 0.6 is 0 Å². The second-order valence-corrected chi connectivity index (χ2v) is 4.05. The molecular formula is C17H18O3. The van der Waals surface area contributed by atoms with Crippen molar-refractivity contribution in [3.05, 3.63) is 71.8 Å². The summed E-state index contributed by atoms with van der Waals surface area (Å²) in [6.45, 7) is 0. The lowest BCUT2D eigenvalue weighted by Gasteiger charge is -1.95. The zero-order chi connectivity index (χ0) is 14.6. The number of hydrogen-bond acceptors (Lipinski definition) is 3. The monoisotopic (exact) mass is 270 g/mol. The van der Waals surface area contributed by atoms with Crippen molar-refractivity contribution in [2.24, 2.45) is 0 Å². The molecule has 2 aromatic rings. The van der Waals surface area contributed by atoms with Gasteiger partial charge in [0.1, 0.15) is 6.29 Å². The third-order valence-electron chi connectivity index (χ3n) is 2.59. The first-order valence-corrected chi connectivity index (χ1v) is 6.39. The van der Waals surface area contributed by atoms with E-state index in [0.717, 1.165) is 12.7 Å². The summed E-state index contributed by atoms with van der Waals surface area (Å²) in [6.07, 6.45) is 2.45.